The van der Waals surface area contributed by atoms with Crippen LogP contribution in [0.4, 0.5) is 17.3 Å². The number of hydrogen-bond donors (Lipinski definition) is 0. The van der Waals surface area contributed by atoms with Crippen molar-refractivity contribution >= 4 is 23.3 Å². The standard InChI is InChI=1S/C24H27N7O4/c1-2-35-24(32)18-9-13-29(14-10-18)22-21(31(33)34)23(28-17-27-22)30(15-19-7-3-5-11-25-19)16-20-8-4-6-12-26-20/h3-8,11-12,17-18H,2,9-10,13-16H2,1H3. The van der Waals surface area contributed by atoms with Crippen LogP contribution in [0.3, 0.4) is 0 Å². The van der Waals surface area contributed by atoms with Crippen molar-refractivity contribution in [1.29, 1.82) is 0 Å². The summed E-state index contributed by atoms with van der Waals surface area (Å²) in [6.07, 6.45) is 5.80. The predicted molar refractivity (Wildman–Crippen MR) is 129 cm³/mol. The van der Waals surface area contributed by atoms with Gasteiger partial charge in [-0.1, -0.05) is 12.1 Å². The molecule has 11 nitrogen and oxygen atoms in total. The summed E-state index contributed by atoms with van der Waals surface area (Å²) in [5.41, 5.74) is 1.32. The molecule has 0 radical (unpaired) electrons. The number of carbonyl (C=O) groups is 1. The first-order valence-corrected chi connectivity index (χ1v) is 11.5. The second-order valence-corrected chi connectivity index (χ2v) is 8.14. The minimum absolute atomic E-state index is 0.172. The topological polar surface area (TPSA) is 127 Å². The summed E-state index contributed by atoms with van der Waals surface area (Å²) in [6.45, 7) is 3.64. The molecular formula is C24H27N7O4. The summed E-state index contributed by atoms with van der Waals surface area (Å²) in [6, 6.07) is 11.1. The van der Waals surface area contributed by atoms with Crippen LogP contribution in [-0.2, 0) is 22.6 Å². The van der Waals surface area contributed by atoms with E-state index in [9.17, 15) is 14.9 Å². The van der Waals surface area contributed by atoms with Crippen LogP contribution in [0.2, 0.25) is 0 Å². The Balaban J connectivity index is 1.65. The number of piperidine rings is 1. The number of anilines is 2. The average Bonchev–Trinajstić information content (AvgIpc) is 2.89. The smallest absolute Gasteiger partial charge is 0.353 e. The van der Waals surface area contributed by atoms with Gasteiger partial charge in [0.05, 0.1) is 41.9 Å². The molecule has 0 aliphatic carbocycles. The Bertz CT molecular complexity index is 1100. The van der Waals surface area contributed by atoms with E-state index in [1.54, 1.807) is 24.2 Å². The van der Waals surface area contributed by atoms with E-state index in [-0.39, 0.29) is 29.2 Å². The van der Waals surface area contributed by atoms with Crippen molar-refractivity contribution in [2.24, 2.45) is 5.92 Å². The average molecular weight is 478 g/mol. The van der Waals surface area contributed by atoms with Gasteiger partial charge in [-0.2, -0.15) is 0 Å². The number of hydrogen-bond acceptors (Lipinski definition) is 10. The van der Waals surface area contributed by atoms with Gasteiger partial charge in [0.2, 0.25) is 11.6 Å². The molecule has 182 valence electrons. The molecule has 0 N–H and O–H groups in total. The van der Waals surface area contributed by atoms with Crippen LogP contribution in [0.15, 0.2) is 55.1 Å². The maximum Gasteiger partial charge on any atom is 0.353 e. The third-order valence-corrected chi connectivity index (χ3v) is 5.84. The van der Waals surface area contributed by atoms with Crippen LogP contribution in [0.1, 0.15) is 31.2 Å². The first-order chi connectivity index (χ1) is 17.1. The molecule has 11 heteroatoms. The SMILES string of the molecule is CCOC(=O)C1CCN(c2ncnc(N(Cc3ccccn3)Cc3ccccn3)c2[N+](=O)[O-])CC1. The largest absolute Gasteiger partial charge is 0.466 e. The Morgan fingerprint density at radius 3 is 2.20 bits per heavy atom. The Labute approximate surface area is 203 Å². The van der Waals surface area contributed by atoms with Gasteiger partial charge in [-0.25, -0.2) is 9.97 Å². The number of aromatic nitrogens is 4. The van der Waals surface area contributed by atoms with Crippen molar-refractivity contribution in [3.8, 4) is 0 Å². The molecule has 3 aromatic heterocycles. The summed E-state index contributed by atoms with van der Waals surface area (Å²) >= 11 is 0. The number of rotatable bonds is 9. The Hall–Kier alpha value is -4.15. The van der Waals surface area contributed by atoms with E-state index in [0.717, 1.165) is 11.4 Å². The molecule has 1 saturated heterocycles. The fourth-order valence-corrected chi connectivity index (χ4v) is 4.15. The molecule has 0 amide bonds. The maximum absolute atomic E-state index is 12.3. The Kier molecular flexibility index (Phi) is 7.76. The fourth-order valence-electron chi connectivity index (χ4n) is 4.15. The number of nitrogens with zero attached hydrogens (tertiary/aromatic N) is 7. The molecule has 4 rings (SSSR count). The van der Waals surface area contributed by atoms with Crippen LogP contribution < -0.4 is 9.80 Å². The van der Waals surface area contributed by atoms with Gasteiger partial charge in [0, 0.05) is 25.5 Å². The highest BCUT2D eigenvalue weighted by atomic mass is 16.6. The summed E-state index contributed by atoms with van der Waals surface area (Å²) in [7, 11) is 0. The zero-order valence-corrected chi connectivity index (χ0v) is 19.5. The van der Waals surface area contributed by atoms with E-state index in [4.69, 9.17) is 4.74 Å². The van der Waals surface area contributed by atoms with Gasteiger partial charge in [0.1, 0.15) is 6.33 Å². The molecule has 35 heavy (non-hydrogen) atoms. The molecule has 0 spiro atoms. The van der Waals surface area contributed by atoms with Crippen molar-refractivity contribution in [2.45, 2.75) is 32.9 Å². The van der Waals surface area contributed by atoms with E-state index in [0.29, 0.717) is 45.6 Å². The number of carbonyl (C=O) groups excluding carboxylic acids is 1. The molecule has 1 fully saturated rings. The van der Waals surface area contributed by atoms with Gasteiger partial charge in [-0.3, -0.25) is 24.9 Å². The van der Waals surface area contributed by atoms with Gasteiger partial charge in [0.25, 0.3) is 0 Å². The number of nitro groups is 1. The van der Waals surface area contributed by atoms with E-state index < -0.39 is 4.92 Å². The van der Waals surface area contributed by atoms with Gasteiger partial charge in [0.15, 0.2) is 0 Å². The minimum atomic E-state index is -0.439. The lowest BCUT2D eigenvalue weighted by molar-refractivity contribution is -0.383. The molecule has 0 unspecified atom stereocenters. The van der Waals surface area contributed by atoms with E-state index >= 15 is 0 Å². The Morgan fingerprint density at radius 2 is 1.69 bits per heavy atom. The van der Waals surface area contributed by atoms with Crippen LogP contribution in [-0.4, -0.2) is 50.5 Å². The maximum atomic E-state index is 12.3. The summed E-state index contributed by atoms with van der Waals surface area (Å²) < 4.78 is 5.14. The molecule has 0 bridgehead atoms. The lowest BCUT2D eigenvalue weighted by Gasteiger charge is -2.32. The normalized spacial score (nSPS) is 13.9. The van der Waals surface area contributed by atoms with E-state index in [1.807, 2.05) is 41.3 Å². The first-order valence-electron chi connectivity index (χ1n) is 11.5. The van der Waals surface area contributed by atoms with Crippen LogP contribution in [0.5, 0.6) is 0 Å². The number of pyridine rings is 2. The van der Waals surface area contributed by atoms with Crippen molar-refractivity contribution in [3.05, 3.63) is 76.6 Å². The fraction of sp³-hybridized carbons (Fsp3) is 0.375. The third kappa shape index (κ3) is 5.86. The van der Waals surface area contributed by atoms with E-state index in [2.05, 4.69) is 19.9 Å². The van der Waals surface area contributed by atoms with Crippen molar-refractivity contribution in [3.63, 3.8) is 0 Å². The van der Waals surface area contributed by atoms with Crippen molar-refractivity contribution in [1.82, 2.24) is 19.9 Å². The second-order valence-electron chi connectivity index (χ2n) is 8.14. The zero-order chi connectivity index (χ0) is 24.6. The van der Waals surface area contributed by atoms with Crippen molar-refractivity contribution in [2.75, 3.05) is 29.5 Å². The Morgan fingerprint density at radius 1 is 1.06 bits per heavy atom. The first kappa shape index (κ1) is 24.0. The second kappa shape index (κ2) is 11.3. The van der Waals surface area contributed by atoms with Crippen LogP contribution >= 0.6 is 0 Å². The zero-order valence-electron chi connectivity index (χ0n) is 19.5. The molecule has 1 aliphatic rings. The third-order valence-electron chi connectivity index (χ3n) is 5.84. The lowest BCUT2D eigenvalue weighted by atomic mass is 9.97. The number of ether oxygens (including phenoxy) is 1. The monoisotopic (exact) mass is 477 g/mol. The molecule has 0 atom stereocenters. The highest BCUT2D eigenvalue weighted by Crippen LogP contribution is 2.37. The highest BCUT2D eigenvalue weighted by Gasteiger charge is 2.34. The summed E-state index contributed by atoms with van der Waals surface area (Å²) in [4.78, 5) is 45.0. The molecule has 1 aliphatic heterocycles. The molecule has 0 saturated carbocycles. The van der Waals surface area contributed by atoms with Crippen molar-refractivity contribution < 1.29 is 14.5 Å². The highest BCUT2D eigenvalue weighted by molar-refractivity contribution is 5.74. The van der Waals surface area contributed by atoms with Gasteiger partial charge in [-0.05, 0) is 44.0 Å². The number of esters is 1. The van der Waals surface area contributed by atoms with Crippen LogP contribution in [0, 0.1) is 16.0 Å². The molecule has 3 aromatic rings. The summed E-state index contributed by atoms with van der Waals surface area (Å²) in [5, 5.41) is 12.3. The van der Waals surface area contributed by atoms with E-state index in [1.165, 1.54) is 6.33 Å². The van der Waals surface area contributed by atoms with Gasteiger partial charge >= 0.3 is 11.7 Å². The quantitative estimate of drug-likeness (QED) is 0.257. The molecular weight excluding hydrogens is 450 g/mol. The van der Waals surface area contributed by atoms with Gasteiger partial charge in [-0.15, -0.1) is 0 Å². The molecule has 4 heterocycles. The van der Waals surface area contributed by atoms with Crippen LogP contribution in [0.25, 0.3) is 0 Å². The molecule has 0 aromatic carbocycles. The predicted octanol–water partition coefficient (Wildman–Crippen LogP) is 3.16. The lowest BCUT2D eigenvalue weighted by Crippen LogP contribution is -2.38. The minimum Gasteiger partial charge on any atom is -0.466 e. The summed E-state index contributed by atoms with van der Waals surface area (Å²) in [5.74, 6) is 0.0106. The van der Waals surface area contributed by atoms with Gasteiger partial charge < -0.3 is 14.5 Å².